The molecule has 5 saturated heterocycles. The number of esters is 11. The second-order valence-electron chi connectivity index (χ2n) is 32.7. The Morgan fingerprint density at radius 2 is 0.552 bits per heavy atom. The molecule has 0 spiro atoms. The van der Waals surface area contributed by atoms with Crippen LogP contribution in [0.3, 0.4) is 0 Å². The molecule has 11 aromatic carbocycles. The molecule has 0 aromatic heterocycles. The minimum Gasteiger partial charge on any atom is -0.459 e. The lowest BCUT2D eigenvalue weighted by Crippen LogP contribution is -2.70. The summed E-state index contributed by atoms with van der Waals surface area (Å²) in [5.74, 6) is -12.3. The lowest BCUT2D eigenvalue weighted by Gasteiger charge is -2.52. The zero-order valence-corrected chi connectivity index (χ0v) is 76.3. The van der Waals surface area contributed by atoms with E-state index in [4.69, 9.17) is 110 Å². The maximum Gasteiger partial charge on any atom is 0.338 e. The van der Waals surface area contributed by atoms with Gasteiger partial charge in [0, 0.05) is 23.9 Å². The molecule has 736 valence electrons. The predicted molar refractivity (Wildman–Crippen MR) is 495 cm³/mol. The quantitative estimate of drug-likeness (QED) is 0.00866. The first-order valence-electron chi connectivity index (χ1n) is 45.6. The van der Waals surface area contributed by atoms with Crippen LogP contribution < -0.4 is 0 Å². The largest absolute Gasteiger partial charge is 0.459 e. The van der Waals surface area contributed by atoms with Crippen molar-refractivity contribution in [3.8, 4) is 0 Å². The van der Waals surface area contributed by atoms with E-state index in [9.17, 15) is 24.0 Å². The molecule has 21 atom stereocenters. The summed E-state index contributed by atoms with van der Waals surface area (Å²) in [5.41, 5.74) is 8.61. The third-order valence-electron chi connectivity index (χ3n) is 23.1. The molecule has 0 unspecified atom stereocenters. The highest BCUT2D eigenvalue weighted by atomic mass is 16.8. The molecule has 143 heavy (non-hydrogen) atoms. The van der Waals surface area contributed by atoms with Crippen LogP contribution in [-0.4, -0.2) is 241 Å². The van der Waals surface area contributed by atoms with Gasteiger partial charge in [-0.15, -0.1) is 0 Å². The van der Waals surface area contributed by atoms with Crippen molar-refractivity contribution < 1.29 is 157 Å². The Labute approximate surface area is 817 Å². The maximum absolute atomic E-state index is 16.0. The van der Waals surface area contributed by atoms with Crippen molar-refractivity contribution in [2.24, 2.45) is 5.11 Å². The van der Waals surface area contributed by atoms with Gasteiger partial charge in [-0.3, -0.25) is 4.79 Å². The molecule has 0 saturated carbocycles. The second kappa shape index (κ2) is 49.5. The molecule has 36 heteroatoms. The Kier molecular flexibility index (Phi) is 34.8. The number of hydrogen-bond donors (Lipinski definition) is 0. The van der Waals surface area contributed by atoms with Crippen LogP contribution in [0.1, 0.15) is 122 Å². The monoisotopic (exact) mass is 1950 g/mol. The Morgan fingerprint density at radius 1 is 0.287 bits per heavy atom. The lowest BCUT2D eigenvalue weighted by atomic mass is 9.94. The predicted octanol–water partition coefficient (Wildman–Crippen LogP) is 13.6. The Balaban J connectivity index is 0.938. The first-order valence-corrected chi connectivity index (χ1v) is 45.6. The van der Waals surface area contributed by atoms with Crippen LogP contribution >= 0.6 is 0 Å². The molecule has 5 aliphatic rings. The zero-order chi connectivity index (χ0) is 99.3. The van der Waals surface area contributed by atoms with Crippen LogP contribution in [0, 0.1) is 0 Å². The van der Waals surface area contributed by atoms with Crippen molar-refractivity contribution >= 4 is 65.7 Å². The fourth-order valence-electron chi connectivity index (χ4n) is 16.3. The third-order valence-corrected chi connectivity index (χ3v) is 23.1. The van der Waals surface area contributed by atoms with Crippen LogP contribution in [0.25, 0.3) is 10.4 Å². The molecule has 0 amide bonds. The van der Waals surface area contributed by atoms with Crippen molar-refractivity contribution in [3.05, 3.63) is 405 Å². The molecule has 36 nitrogen and oxygen atoms in total. The normalized spacial score (nSPS) is 24.8. The summed E-state index contributed by atoms with van der Waals surface area (Å²) in [6, 6.07) is 83.2. The summed E-state index contributed by atoms with van der Waals surface area (Å²) >= 11 is 0. The molecule has 5 fully saturated rings. The van der Waals surface area contributed by atoms with Crippen LogP contribution in [0.5, 0.6) is 0 Å². The molecule has 0 bridgehead atoms. The standard InChI is InChI=1S/C107H95N3O33/c1-65(111)128-90-85(136-99(118)72-47-25-8-26-48-72)81(133-96(115)69-41-19-5-20-42-69)77(61-124-93(112)66-35-13-2-14-36-66)130-105(90)142-92-87(138-101(120)74-51-29-10-30-52-74)83(135-98(117)71-45-23-7-24-46-71)79(63-126-95(114)68-39-17-4-18-40-68)132-107(92)143-91-86(137-100(119)73-49-27-9-28-50-73)82(134-97(116)70-43-21-6-22-44-70)78(62-125-94(113)67-37-15-3-16-38-67)131-106(91)141-88-84-80(64-127-103(140-84)76-55-33-12-34-56-76)129-104(123-60-59-122-58-57-109-110-108)89(88)139-102(121)75-53-31-11-32-54-75/h2-56,77-92,103-107H,57-64H2,1H3/t77-,78-,79-,80-,81-,82-,83-,84-,85+,86+,87+,88+,89+,90+,91+,92+,103-,104+,105-,106-,107-/m1/s1. The number of ether oxygens (including phenoxy) is 22. The zero-order valence-electron chi connectivity index (χ0n) is 76.3. The van der Waals surface area contributed by atoms with E-state index in [1.807, 2.05) is 0 Å². The second-order valence-corrected chi connectivity index (χ2v) is 32.7. The number of azide groups is 1. The van der Waals surface area contributed by atoms with Gasteiger partial charge in [0.25, 0.3) is 0 Å². The van der Waals surface area contributed by atoms with Crippen molar-refractivity contribution in [1.29, 1.82) is 0 Å². The fraction of sp³-hybridized carbons (Fsp3) is 0.280. The van der Waals surface area contributed by atoms with Crippen LogP contribution in [0.15, 0.2) is 339 Å². The van der Waals surface area contributed by atoms with Gasteiger partial charge in [0.1, 0.15) is 56.4 Å². The molecule has 5 heterocycles. The van der Waals surface area contributed by atoms with E-state index in [2.05, 4.69) is 10.0 Å². The molecule has 5 aliphatic heterocycles. The first-order chi connectivity index (χ1) is 69.9. The van der Waals surface area contributed by atoms with Crippen molar-refractivity contribution in [2.45, 2.75) is 136 Å². The Bertz CT molecular complexity index is 6140. The van der Waals surface area contributed by atoms with E-state index >= 15 is 28.8 Å². The maximum atomic E-state index is 16.0. The van der Waals surface area contributed by atoms with Crippen molar-refractivity contribution in [2.75, 3.05) is 52.8 Å². The summed E-state index contributed by atoms with van der Waals surface area (Å²) < 4.78 is 149. The van der Waals surface area contributed by atoms with Crippen LogP contribution in [-0.2, 0) is 109 Å². The van der Waals surface area contributed by atoms with Gasteiger partial charge in [0.15, 0.2) is 92.5 Å². The molecule has 0 radical (unpaired) electrons. The lowest BCUT2D eigenvalue weighted by molar-refractivity contribution is -0.411. The summed E-state index contributed by atoms with van der Waals surface area (Å²) in [6.45, 7) is -3.12. The topological polar surface area (TPSA) is 440 Å². The molecule has 11 aromatic rings. The van der Waals surface area contributed by atoms with E-state index in [1.165, 1.54) is 194 Å². The number of hydrogen-bond acceptors (Lipinski definition) is 34. The highest BCUT2D eigenvalue weighted by molar-refractivity contribution is 5.94. The summed E-state index contributed by atoms with van der Waals surface area (Å²) in [7, 11) is 0. The SMILES string of the molecule is CC(=O)O[C@@H]1[C@@H](O[C@@H]2[C@@H](O[C@@H]3[C@@H](O[C@@H]4[C@H](OC(=O)c5ccccc5)[C@@H](OCCOCCN=[N+]=[N-])O[C@@H]5CO[C@@H](c6ccccc6)O[C@@H]45)O[C@H](COC(=O)c4ccccc4)[C@@H](OC(=O)c4ccccc4)[C@@H]3OC(=O)c3ccccc3)O[C@H](COC(=O)c3ccccc3)[C@@H](OC(=O)c3ccccc3)[C@@H]2OC(=O)c2ccccc2)O[C@H](COC(=O)c2ccccc2)[C@@H](OC(=O)c2ccccc2)[C@@H]1OC(=O)c1ccccc1. The Hall–Kier alpha value is -15.5. The van der Waals surface area contributed by atoms with Gasteiger partial charge in [0.2, 0.25) is 0 Å². The van der Waals surface area contributed by atoms with E-state index in [0.29, 0.717) is 5.56 Å². The highest BCUT2D eigenvalue weighted by Crippen LogP contribution is 2.44. The summed E-state index contributed by atoms with van der Waals surface area (Å²) in [5, 5.41) is 3.56. The summed E-state index contributed by atoms with van der Waals surface area (Å²) in [4.78, 5) is 170. The van der Waals surface area contributed by atoms with E-state index in [0.717, 1.165) is 6.92 Å². The molecule has 0 N–H and O–H groups in total. The van der Waals surface area contributed by atoms with Gasteiger partial charge in [0.05, 0.1) is 82.1 Å². The fourth-order valence-corrected chi connectivity index (χ4v) is 16.3. The molecule has 16 rings (SSSR count). The van der Waals surface area contributed by atoms with Gasteiger partial charge in [-0.25, -0.2) is 47.9 Å². The molecular formula is C107H95N3O33. The number of rotatable bonds is 38. The van der Waals surface area contributed by atoms with Gasteiger partial charge in [-0.1, -0.05) is 217 Å². The average Bonchev–Trinajstić information content (AvgIpc) is 0.750. The first kappa shape index (κ1) is 100. The van der Waals surface area contributed by atoms with Gasteiger partial charge in [-0.2, -0.15) is 0 Å². The minimum atomic E-state index is -2.62. The van der Waals surface area contributed by atoms with Gasteiger partial charge < -0.3 is 104 Å². The van der Waals surface area contributed by atoms with E-state index in [1.54, 1.807) is 140 Å². The van der Waals surface area contributed by atoms with Gasteiger partial charge >= 0.3 is 65.7 Å². The van der Waals surface area contributed by atoms with E-state index in [-0.39, 0.29) is 88.6 Å². The van der Waals surface area contributed by atoms with Gasteiger partial charge in [-0.05, 0) is 127 Å². The number of benzene rings is 11. The number of nitrogens with zero attached hydrogens (tertiary/aromatic N) is 3. The molecular weight excluding hydrogens is 1860 g/mol. The third kappa shape index (κ3) is 26.2. The summed E-state index contributed by atoms with van der Waals surface area (Å²) in [6.07, 6.45) is -44.1. The smallest absolute Gasteiger partial charge is 0.338 e. The average molecular weight is 1950 g/mol. The number of fused-ring (bicyclic) bond motifs is 1. The number of carbonyl (C=O) groups excluding carboxylic acids is 11. The van der Waals surface area contributed by atoms with Crippen LogP contribution in [0.2, 0.25) is 0 Å². The van der Waals surface area contributed by atoms with E-state index < -0.39 is 215 Å². The van der Waals surface area contributed by atoms with Crippen molar-refractivity contribution in [3.63, 3.8) is 0 Å². The molecule has 0 aliphatic carbocycles. The highest BCUT2D eigenvalue weighted by Gasteiger charge is 2.63. The van der Waals surface area contributed by atoms with Crippen LogP contribution in [0.4, 0.5) is 0 Å². The minimum absolute atomic E-state index is 0.00292. The number of carbonyl (C=O) groups is 11. The Morgan fingerprint density at radius 3 is 0.860 bits per heavy atom. The van der Waals surface area contributed by atoms with Crippen molar-refractivity contribution in [1.82, 2.24) is 0 Å².